The van der Waals surface area contributed by atoms with Crippen LogP contribution in [0.3, 0.4) is 0 Å². The molecule has 2 saturated heterocycles. The van der Waals surface area contributed by atoms with Gasteiger partial charge in [0.2, 0.25) is 11.8 Å². The van der Waals surface area contributed by atoms with Crippen LogP contribution in [-0.4, -0.2) is 43.6 Å². The Hall–Kier alpha value is -4.77. The number of benzene rings is 3. The van der Waals surface area contributed by atoms with Gasteiger partial charge in [0.25, 0.3) is 5.69 Å². The lowest BCUT2D eigenvalue weighted by Gasteiger charge is -2.31. The number of aromatic hydroxyl groups is 2. The minimum absolute atomic E-state index is 0.0264. The Morgan fingerprint density at radius 1 is 1.00 bits per heavy atom. The number of anilines is 1. The number of para-hydroxylation sites is 1. The molecule has 0 bridgehead atoms. The van der Waals surface area contributed by atoms with Gasteiger partial charge in [-0.25, -0.2) is 4.90 Å². The van der Waals surface area contributed by atoms with Gasteiger partial charge in [-0.2, -0.15) is 0 Å². The van der Waals surface area contributed by atoms with Crippen molar-refractivity contribution in [1.82, 2.24) is 5.32 Å². The number of phenolic OH excluding ortho intramolecular Hbond substituents is 2. The Balaban J connectivity index is 1.67. The Morgan fingerprint density at radius 3 is 2.35 bits per heavy atom. The first-order valence-corrected chi connectivity index (χ1v) is 11.3. The predicted octanol–water partition coefficient (Wildman–Crippen LogP) is 2.52. The highest BCUT2D eigenvalue weighted by molar-refractivity contribution is 6.24. The molecule has 0 aliphatic carbocycles. The van der Waals surface area contributed by atoms with Crippen LogP contribution in [0.25, 0.3) is 0 Å². The van der Waals surface area contributed by atoms with E-state index in [1.54, 1.807) is 12.1 Å². The number of imide groups is 1. The quantitative estimate of drug-likeness (QED) is 0.224. The molecule has 0 radical (unpaired) electrons. The fraction of sp³-hybridized carbons (Fsp3) is 0.192. The lowest BCUT2D eigenvalue weighted by atomic mass is 9.76. The normalized spacial score (nSPS) is 24.8. The first kappa shape index (κ1) is 23.9. The van der Waals surface area contributed by atoms with Crippen LogP contribution in [0.15, 0.2) is 72.8 Å². The summed E-state index contributed by atoms with van der Waals surface area (Å²) in [6.07, 6.45) is -0.213. The molecule has 188 valence electrons. The van der Waals surface area contributed by atoms with Crippen LogP contribution in [0.2, 0.25) is 0 Å². The molecule has 11 nitrogen and oxygen atoms in total. The number of non-ortho nitro benzene ring substituents is 1. The highest BCUT2D eigenvalue weighted by atomic mass is 16.6. The van der Waals surface area contributed by atoms with Gasteiger partial charge < -0.3 is 15.3 Å². The summed E-state index contributed by atoms with van der Waals surface area (Å²) in [5.74, 6) is -5.74. The number of nitro groups is 1. The molecule has 4 N–H and O–H groups in total. The topological polar surface area (TPSA) is 170 Å². The fourth-order valence-corrected chi connectivity index (χ4v) is 5.39. The maximum atomic E-state index is 13.8. The van der Waals surface area contributed by atoms with Gasteiger partial charge >= 0.3 is 5.97 Å². The molecule has 5 rings (SSSR count). The van der Waals surface area contributed by atoms with Gasteiger partial charge in [-0.05, 0) is 29.8 Å². The molecular formula is C26H21N3O8. The number of carboxylic acid groups (broad SMARTS) is 1. The number of phenols is 2. The van der Waals surface area contributed by atoms with Crippen molar-refractivity contribution >= 4 is 29.2 Å². The third-order valence-corrected chi connectivity index (χ3v) is 7.03. The summed E-state index contributed by atoms with van der Waals surface area (Å²) >= 11 is 0. The molecule has 0 spiro atoms. The zero-order valence-corrected chi connectivity index (χ0v) is 19.1. The molecule has 4 atom stereocenters. The number of hydrogen-bond donors (Lipinski definition) is 4. The molecule has 3 aromatic carbocycles. The maximum Gasteiger partial charge on any atom is 0.325 e. The first-order chi connectivity index (χ1) is 17.6. The second-order valence-corrected chi connectivity index (χ2v) is 9.09. The molecule has 3 aromatic rings. The molecule has 2 fully saturated rings. The number of amides is 2. The van der Waals surface area contributed by atoms with E-state index in [1.807, 2.05) is 0 Å². The van der Waals surface area contributed by atoms with Gasteiger partial charge in [-0.3, -0.25) is 29.8 Å². The van der Waals surface area contributed by atoms with Crippen LogP contribution in [0, 0.1) is 22.0 Å². The monoisotopic (exact) mass is 503 g/mol. The second kappa shape index (κ2) is 8.71. The van der Waals surface area contributed by atoms with E-state index in [0.717, 1.165) is 11.0 Å². The fourth-order valence-electron chi connectivity index (χ4n) is 5.39. The van der Waals surface area contributed by atoms with E-state index in [0.29, 0.717) is 5.56 Å². The summed E-state index contributed by atoms with van der Waals surface area (Å²) in [7, 11) is 0. The van der Waals surface area contributed by atoms with E-state index < -0.39 is 46.1 Å². The van der Waals surface area contributed by atoms with E-state index in [-0.39, 0.29) is 34.9 Å². The third-order valence-electron chi connectivity index (χ3n) is 7.03. The molecular weight excluding hydrogens is 482 g/mol. The molecule has 2 amide bonds. The molecule has 2 heterocycles. The number of aliphatic carboxylic acids is 1. The highest BCUT2D eigenvalue weighted by Gasteiger charge is 2.69. The molecule has 11 heteroatoms. The molecule has 2 aliphatic rings. The van der Waals surface area contributed by atoms with Gasteiger partial charge in [-0.15, -0.1) is 0 Å². The number of hydrogen-bond acceptors (Lipinski definition) is 8. The molecule has 4 unspecified atom stereocenters. The average molecular weight is 503 g/mol. The number of nitrogens with zero attached hydrogens (tertiary/aromatic N) is 2. The third kappa shape index (κ3) is 3.76. The van der Waals surface area contributed by atoms with Crippen molar-refractivity contribution in [3.05, 3.63) is 94.0 Å². The van der Waals surface area contributed by atoms with Crippen LogP contribution in [0.1, 0.15) is 17.2 Å². The summed E-state index contributed by atoms with van der Waals surface area (Å²) < 4.78 is 0. The van der Waals surface area contributed by atoms with Gasteiger partial charge in [0, 0.05) is 30.2 Å². The van der Waals surface area contributed by atoms with Crippen molar-refractivity contribution in [3.8, 4) is 11.5 Å². The number of rotatable bonds is 6. The largest absolute Gasteiger partial charge is 0.508 e. The zero-order chi connectivity index (χ0) is 26.5. The second-order valence-electron chi connectivity index (χ2n) is 9.09. The van der Waals surface area contributed by atoms with Gasteiger partial charge in [0.1, 0.15) is 17.0 Å². The van der Waals surface area contributed by atoms with Crippen molar-refractivity contribution in [3.63, 3.8) is 0 Å². The van der Waals surface area contributed by atoms with Crippen molar-refractivity contribution in [1.29, 1.82) is 0 Å². The summed E-state index contributed by atoms with van der Waals surface area (Å²) in [5.41, 5.74) is -1.61. The smallest absolute Gasteiger partial charge is 0.325 e. The number of fused-ring (bicyclic) bond motifs is 1. The Kier molecular flexibility index (Phi) is 5.64. The number of carbonyl (C=O) groups excluding carboxylic acids is 2. The molecule has 37 heavy (non-hydrogen) atoms. The number of nitro benzene ring substituents is 1. The van der Waals surface area contributed by atoms with E-state index in [2.05, 4.69) is 5.32 Å². The van der Waals surface area contributed by atoms with Crippen LogP contribution in [0.5, 0.6) is 11.5 Å². The summed E-state index contributed by atoms with van der Waals surface area (Å²) in [4.78, 5) is 51.9. The SMILES string of the molecule is O=C1C2C(c3ccccc3O)NC(Cc3ccc(O)cc3)(C(=O)O)C2C(=O)N1c1cccc([N+](=O)[O-])c1. The lowest BCUT2D eigenvalue weighted by molar-refractivity contribution is -0.384. The van der Waals surface area contributed by atoms with Gasteiger partial charge in [0.05, 0.1) is 22.4 Å². The van der Waals surface area contributed by atoms with Gasteiger partial charge in [-0.1, -0.05) is 36.4 Å². The summed E-state index contributed by atoms with van der Waals surface area (Å²) in [5, 5.41) is 45.0. The van der Waals surface area contributed by atoms with E-state index in [4.69, 9.17) is 0 Å². The van der Waals surface area contributed by atoms with Gasteiger partial charge in [0.15, 0.2) is 0 Å². The van der Waals surface area contributed by atoms with Crippen molar-refractivity contribution in [2.45, 2.75) is 18.0 Å². The standard InChI is InChI=1S/C26H21N3O8/c30-17-10-8-14(9-11-17)13-26(25(34)35)21-20(22(27-26)18-6-1-2-7-19(18)31)23(32)28(24(21)33)15-4-3-5-16(12-15)29(36)37/h1-12,20-22,27,30-31H,13H2,(H,34,35). The minimum atomic E-state index is -1.96. The first-order valence-electron chi connectivity index (χ1n) is 11.3. The summed E-state index contributed by atoms with van der Waals surface area (Å²) in [6, 6.07) is 15.9. The van der Waals surface area contributed by atoms with Crippen LogP contribution < -0.4 is 10.2 Å². The highest BCUT2D eigenvalue weighted by Crippen LogP contribution is 2.52. The Bertz CT molecular complexity index is 1440. The Morgan fingerprint density at radius 2 is 1.70 bits per heavy atom. The zero-order valence-electron chi connectivity index (χ0n) is 19.1. The van der Waals surface area contributed by atoms with Crippen LogP contribution in [0.4, 0.5) is 11.4 Å². The maximum absolute atomic E-state index is 13.8. The number of carboxylic acids is 1. The van der Waals surface area contributed by atoms with Crippen LogP contribution in [-0.2, 0) is 20.8 Å². The number of nitrogens with one attached hydrogen (secondary N) is 1. The summed E-state index contributed by atoms with van der Waals surface area (Å²) in [6.45, 7) is 0. The van der Waals surface area contributed by atoms with Crippen molar-refractivity contribution in [2.24, 2.45) is 11.8 Å². The molecule has 2 aliphatic heterocycles. The minimum Gasteiger partial charge on any atom is -0.508 e. The molecule has 0 saturated carbocycles. The predicted molar refractivity (Wildman–Crippen MR) is 129 cm³/mol. The van der Waals surface area contributed by atoms with Crippen molar-refractivity contribution < 1.29 is 34.6 Å². The van der Waals surface area contributed by atoms with Crippen molar-refractivity contribution in [2.75, 3.05) is 4.90 Å². The average Bonchev–Trinajstić information content (AvgIpc) is 3.35. The lowest BCUT2D eigenvalue weighted by Crippen LogP contribution is -2.57. The molecule has 0 aromatic heterocycles. The Labute approximate surface area is 209 Å². The van der Waals surface area contributed by atoms with Crippen LogP contribution >= 0.6 is 0 Å². The van der Waals surface area contributed by atoms with E-state index in [1.165, 1.54) is 54.6 Å². The van der Waals surface area contributed by atoms with E-state index >= 15 is 0 Å². The number of carbonyl (C=O) groups is 3. The van der Waals surface area contributed by atoms with E-state index in [9.17, 15) is 39.8 Å².